The molecule has 1 saturated heterocycles. The Morgan fingerprint density at radius 2 is 1.57 bits per heavy atom. The van der Waals surface area contributed by atoms with Gasteiger partial charge < -0.3 is 14.8 Å². The van der Waals surface area contributed by atoms with Gasteiger partial charge in [0.05, 0.1) is 7.11 Å². The van der Waals surface area contributed by atoms with Crippen molar-refractivity contribution in [2.45, 2.75) is 30.8 Å². The first kappa shape index (κ1) is 23.1. The van der Waals surface area contributed by atoms with Crippen molar-refractivity contribution in [3.05, 3.63) is 95.6 Å². The van der Waals surface area contributed by atoms with E-state index in [1.54, 1.807) is 0 Å². The van der Waals surface area contributed by atoms with Crippen LogP contribution >= 0.6 is 0 Å². The standard InChI is InChI=1S/C29H30N2O4/c1-34-27(32)29(16-9-17-31(20-29)18-21-10-3-2-4-11-21)30-28(33)35-19-26-24-14-7-5-12-22(24)23-13-6-8-15-25(23)26/h2-8,10-15,26H,9,16-20H2,1H3,(H,30,33). The van der Waals surface area contributed by atoms with Crippen molar-refractivity contribution < 1.29 is 19.1 Å². The van der Waals surface area contributed by atoms with E-state index in [4.69, 9.17) is 9.47 Å². The summed E-state index contributed by atoms with van der Waals surface area (Å²) in [4.78, 5) is 28.1. The second-order valence-corrected chi connectivity index (χ2v) is 9.32. The number of hydrogen-bond donors (Lipinski definition) is 1. The summed E-state index contributed by atoms with van der Waals surface area (Å²) in [5, 5.41) is 2.89. The van der Waals surface area contributed by atoms with Crippen LogP contribution in [-0.4, -0.2) is 49.3 Å². The first-order valence-corrected chi connectivity index (χ1v) is 12.1. The molecule has 1 N–H and O–H groups in total. The monoisotopic (exact) mass is 470 g/mol. The lowest BCUT2D eigenvalue weighted by Crippen LogP contribution is -2.63. The highest BCUT2D eigenvalue weighted by Crippen LogP contribution is 2.44. The largest absolute Gasteiger partial charge is 0.467 e. The summed E-state index contributed by atoms with van der Waals surface area (Å²) < 4.78 is 10.9. The number of nitrogens with one attached hydrogen (secondary N) is 1. The molecule has 0 bridgehead atoms. The van der Waals surface area contributed by atoms with Crippen LogP contribution < -0.4 is 5.32 Å². The average Bonchev–Trinajstić information content (AvgIpc) is 3.21. The number of methoxy groups -OCH3 is 1. The molecule has 1 aliphatic carbocycles. The molecule has 0 spiro atoms. The third-order valence-corrected chi connectivity index (χ3v) is 7.08. The lowest BCUT2D eigenvalue weighted by molar-refractivity contribution is -0.151. The Kier molecular flexibility index (Phi) is 6.55. The molecule has 2 aliphatic rings. The fourth-order valence-electron chi connectivity index (χ4n) is 5.47. The van der Waals surface area contributed by atoms with Gasteiger partial charge in [-0.2, -0.15) is 0 Å². The van der Waals surface area contributed by atoms with Crippen LogP contribution in [-0.2, 0) is 20.8 Å². The summed E-state index contributed by atoms with van der Waals surface area (Å²) in [6.45, 7) is 2.12. The molecular weight excluding hydrogens is 440 g/mol. The van der Waals surface area contributed by atoms with Crippen LogP contribution in [0.15, 0.2) is 78.9 Å². The summed E-state index contributed by atoms with van der Waals surface area (Å²) >= 11 is 0. The quantitative estimate of drug-likeness (QED) is 0.528. The summed E-state index contributed by atoms with van der Waals surface area (Å²) in [6.07, 6.45) is 0.680. The SMILES string of the molecule is COC(=O)C1(NC(=O)OCC2c3ccccc3-c3ccccc32)CCCN(Cc2ccccc2)C1. The van der Waals surface area contributed by atoms with Gasteiger partial charge in [-0.25, -0.2) is 9.59 Å². The first-order chi connectivity index (χ1) is 17.1. The summed E-state index contributed by atoms with van der Waals surface area (Å²) in [5.74, 6) is -0.480. The molecule has 6 nitrogen and oxygen atoms in total. The van der Waals surface area contributed by atoms with Crippen LogP contribution in [0.1, 0.15) is 35.4 Å². The number of hydrogen-bond acceptors (Lipinski definition) is 5. The normalized spacial score (nSPS) is 19.5. The molecule has 1 fully saturated rings. The smallest absolute Gasteiger partial charge is 0.408 e. The Hall–Kier alpha value is -3.64. The van der Waals surface area contributed by atoms with E-state index >= 15 is 0 Å². The van der Waals surface area contributed by atoms with Crippen molar-refractivity contribution in [3.8, 4) is 11.1 Å². The van der Waals surface area contributed by atoms with Crippen LogP contribution in [0.25, 0.3) is 11.1 Å². The van der Waals surface area contributed by atoms with Gasteiger partial charge in [0.25, 0.3) is 0 Å². The van der Waals surface area contributed by atoms with Gasteiger partial charge in [-0.1, -0.05) is 78.9 Å². The molecule has 1 atom stereocenters. The topological polar surface area (TPSA) is 67.9 Å². The van der Waals surface area contributed by atoms with E-state index in [9.17, 15) is 9.59 Å². The number of carbonyl (C=O) groups excluding carboxylic acids is 2. The molecule has 6 heteroatoms. The minimum Gasteiger partial charge on any atom is -0.467 e. The van der Waals surface area contributed by atoms with Gasteiger partial charge in [-0.15, -0.1) is 0 Å². The fraction of sp³-hybridized carbons (Fsp3) is 0.310. The lowest BCUT2D eigenvalue weighted by Gasteiger charge is -2.40. The second-order valence-electron chi connectivity index (χ2n) is 9.32. The van der Waals surface area contributed by atoms with E-state index in [2.05, 4.69) is 46.6 Å². The zero-order valence-electron chi connectivity index (χ0n) is 19.9. The number of piperidine rings is 1. The Morgan fingerprint density at radius 1 is 0.943 bits per heavy atom. The number of carbonyl (C=O) groups is 2. The Balaban J connectivity index is 1.29. The zero-order chi connectivity index (χ0) is 24.3. The highest BCUT2D eigenvalue weighted by molar-refractivity contribution is 5.86. The maximum Gasteiger partial charge on any atom is 0.408 e. The first-order valence-electron chi connectivity index (χ1n) is 12.1. The van der Waals surface area contributed by atoms with Gasteiger partial charge in [-0.3, -0.25) is 4.90 Å². The van der Waals surface area contributed by atoms with Crippen molar-refractivity contribution in [1.82, 2.24) is 10.2 Å². The molecule has 5 rings (SSSR count). The van der Waals surface area contributed by atoms with Gasteiger partial charge in [0, 0.05) is 19.0 Å². The predicted octanol–water partition coefficient (Wildman–Crippen LogP) is 4.73. The van der Waals surface area contributed by atoms with E-state index in [-0.39, 0.29) is 12.5 Å². The molecule has 0 saturated carbocycles. The van der Waals surface area contributed by atoms with Crippen molar-refractivity contribution in [1.29, 1.82) is 0 Å². The van der Waals surface area contributed by atoms with E-state index < -0.39 is 17.6 Å². The molecule has 1 unspecified atom stereocenters. The van der Waals surface area contributed by atoms with Gasteiger partial charge in [-0.05, 0) is 47.2 Å². The molecule has 1 heterocycles. The van der Waals surface area contributed by atoms with E-state index in [1.807, 2.05) is 42.5 Å². The highest BCUT2D eigenvalue weighted by Gasteiger charge is 2.45. The van der Waals surface area contributed by atoms with E-state index in [0.29, 0.717) is 19.5 Å². The summed E-state index contributed by atoms with van der Waals surface area (Å²) in [5.41, 5.74) is 4.67. The number of likely N-dealkylation sites (tertiary alicyclic amines) is 1. The minimum atomic E-state index is -1.13. The molecule has 180 valence electrons. The summed E-state index contributed by atoms with van der Waals surface area (Å²) in [7, 11) is 1.36. The maximum atomic E-state index is 13.0. The Morgan fingerprint density at radius 3 is 2.23 bits per heavy atom. The third kappa shape index (κ3) is 4.66. The van der Waals surface area contributed by atoms with Crippen molar-refractivity contribution in [3.63, 3.8) is 0 Å². The molecule has 3 aromatic rings. The van der Waals surface area contributed by atoms with Gasteiger partial charge in [0.1, 0.15) is 6.61 Å². The molecule has 0 aromatic heterocycles. The molecule has 1 aliphatic heterocycles. The van der Waals surface area contributed by atoms with Gasteiger partial charge >= 0.3 is 12.1 Å². The lowest BCUT2D eigenvalue weighted by atomic mass is 9.88. The van der Waals surface area contributed by atoms with Crippen LogP contribution in [0, 0.1) is 0 Å². The van der Waals surface area contributed by atoms with Crippen LogP contribution in [0.2, 0.25) is 0 Å². The molecule has 1 amide bonds. The molecule has 35 heavy (non-hydrogen) atoms. The average molecular weight is 471 g/mol. The Labute approximate surface area is 205 Å². The molecule has 0 radical (unpaired) electrons. The molecular formula is C29H30N2O4. The zero-order valence-corrected chi connectivity index (χ0v) is 19.9. The number of esters is 1. The third-order valence-electron chi connectivity index (χ3n) is 7.08. The van der Waals surface area contributed by atoms with E-state index in [1.165, 1.54) is 18.2 Å². The van der Waals surface area contributed by atoms with Crippen LogP contribution in [0.5, 0.6) is 0 Å². The number of alkyl carbamates (subject to hydrolysis) is 1. The number of ether oxygens (including phenoxy) is 2. The predicted molar refractivity (Wildman–Crippen MR) is 134 cm³/mol. The molecule has 3 aromatic carbocycles. The Bertz CT molecular complexity index is 1170. The van der Waals surface area contributed by atoms with Crippen molar-refractivity contribution in [2.75, 3.05) is 26.8 Å². The van der Waals surface area contributed by atoms with Crippen molar-refractivity contribution in [2.24, 2.45) is 0 Å². The fourth-order valence-corrected chi connectivity index (χ4v) is 5.47. The maximum absolute atomic E-state index is 13.0. The number of fused-ring (bicyclic) bond motifs is 3. The van der Waals surface area contributed by atoms with Gasteiger partial charge in [0.15, 0.2) is 5.54 Å². The van der Waals surface area contributed by atoms with Crippen LogP contribution in [0.4, 0.5) is 4.79 Å². The minimum absolute atomic E-state index is 0.0387. The number of nitrogens with zero attached hydrogens (tertiary/aromatic N) is 1. The number of benzene rings is 3. The summed E-state index contributed by atoms with van der Waals surface area (Å²) in [6, 6.07) is 26.5. The second kappa shape index (κ2) is 9.92. The highest BCUT2D eigenvalue weighted by atomic mass is 16.6. The van der Waals surface area contributed by atoms with Crippen molar-refractivity contribution >= 4 is 12.1 Å². The van der Waals surface area contributed by atoms with Gasteiger partial charge in [0.2, 0.25) is 0 Å². The number of amides is 1. The van der Waals surface area contributed by atoms with Crippen LogP contribution in [0.3, 0.4) is 0 Å². The number of rotatable bonds is 6. The van der Waals surface area contributed by atoms with E-state index in [0.717, 1.165) is 29.7 Å².